The molecule has 2 heterocycles. The predicted octanol–water partition coefficient (Wildman–Crippen LogP) is 3.83. The molecule has 2 aromatic heterocycles. The van der Waals surface area contributed by atoms with Crippen LogP contribution >= 0.6 is 23.2 Å². The summed E-state index contributed by atoms with van der Waals surface area (Å²) in [6.07, 6.45) is 7.68. The molecule has 0 bridgehead atoms. The fourth-order valence-electron chi connectivity index (χ4n) is 1.97. The number of nitrogens with zero attached hydrogens (tertiary/aromatic N) is 3. The van der Waals surface area contributed by atoms with Gasteiger partial charge in [-0.3, -0.25) is 0 Å². The first-order chi connectivity index (χ1) is 10.7. The van der Waals surface area contributed by atoms with Crippen LogP contribution in [-0.2, 0) is 6.42 Å². The summed E-state index contributed by atoms with van der Waals surface area (Å²) in [5, 5.41) is 4.46. The first-order valence-corrected chi connectivity index (χ1v) is 7.47. The van der Waals surface area contributed by atoms with Gasteiger partial charge in [-0.15, -0.1) is 0 Å². The Morgan fingerprint density at radius 3 is 2.59 bits per heavy atom. The normalized spacial score (nSPS) is 10.6. The van der Waals surface area contributed by atoms with Crippen molar-refractivity contribution in [2.24, 2.45) is 0 Å². The van der Waals surface area contributed by atoms with Crippen LogP contribution in [0.4, 0.5) is 5.69 Å². The van der Waals surface area contributed by atoms with Crippen LogP contribution in [0.25, 0.3) is 11.4 Å². The summed E-state index contributed by atoms with van der Waals surface area (Å²) in [5.41, 5.74) is 1.71. The molecule has 1 aromatic carbocycles. The lowest BCUT2D eigenvalue weighted by Gasteiger charge is -2.08. The lowest BCUT2D eigenvalue weighted by molar-refractivity contribution is 0.893. The second-order valence-electron chi connectivity index (χ2n) is 4.63. The van der Waals surface area contributed by atoms with E-state index in [1.54, 1.807) is 36.9 Å². The van der Waals surface area contributed by atoms with E-state index in [0.717, 1.165) is 22.9 Å². The highest BCUT2D eigenvalue weighted by Gasteiger charge is 2.04. The number of halogens is 2. The Morgan fingerprint density at radius 2 is 1.91 bits per heavy atom. The lowest BCUT2D eigenvalue weighted by Crippen LogP contribution is -2.07. The first kappa shape index (κ1) is 14.8. The van der Waals surface area contributed by atoms with Gasteiger partial charge in [0, 0.05) is 42.8 Å². The molecule has 2 N–H and O–H groups in total. The largest absolute Gasteiger partial charge is 0.383 e. The van der Waals surface area contributed by atoms with Gasteiger partial charge in [0.05, 0.1) is 16.3 Å². The molecule has 0 saturated heterocycles. The maximum Gasteiger partial charge on any atom is 0.140 e. The van der Waals surface area contributed by atoms with Crippen molar-refractivity contribution in [3.05, 3.63) is 58.9 Å². The second-order valence-corrected chi connectivity index (χ2v) is 5.47. The Hall–Kier alpha value is -2.11. The molecule has 22 heavy (non-hydrogen) atoms. The van der Waals surface area contributed by atoms with E-state index >= 15 is 0 Å². The zero-order valence-corrected chi connectivity index (χ0v) is 13.1. The minimum absolute atomic E-state index is 0.599. The van der Waals surface area contributed by atoms with E-state index in [2.05, 4.69) is 25.3 Å². The topological polar surface area (TPSA) is 66.5 Å². The van der Waals surface area contributed by atoms with Gasteiger partial charge in [0.2, 0.25) is 0 Å². The van der Waals surface area contributed by atoms with Crippen molar-refractivity contribution >= 4 is 28.9 Å². The second kappa shape index (κ2) is 6.77. The number of hydrogen-bond donors (Lipinski definition) is 2. The molecule has 0 aliphatic carbocycles. The molecule has 0 atom stereocenters. The molecule has 3 aromatic rings. The van der Waals surface area contributed by atoms with E-state index in [1.807, 2.05) is 6.07 Å². The van der Waals surface area contributed by atoms with E-state index in [0.29, 0.717) is 23.0 Å². The number of hydrogen-bond acceptors (Lipinski definition) is 4. The van der Waals surface area contributed by atoms with Crippen LogP contribution in [-0.4, -0.2) is 26.5 Å². The predicted molar refractivity (Wildman–Crippen MR) is 88.3 cm³/mol. The number of H-pyrrole nitrogens is 1. The maximum absolute atomic E-state index is 6.10. The molecule has 0 amide bonds. The van der Waals surface area contributed by atoms with Crippen LogP contribution in [0.3, 0.4) is 0 Å². The zero-order chi connectivity index (χ0) is 15.4. The third-order valence-electron chi connectivity index (χ3n) is 3.07. The van der Waals surface area contributed by atoms with Crippen LogP contribution < -0.4 is 5.32 Å². The van der Waals surface area contributed by atoms with Gasteiger partial charge in [0.25, 0.3) is 0 Å². The summed E-state index contributed by atoms with van der Waals surface area (Å²) in [6, 6.07) is 5.36. The Bertz CT molecular complexity index is 741. The van der Waals surface area contributed by atoms with Crippen LogP contribution in [0, 0.1) is 0 Å². The van der Waals surface area contributed by atoms with Crippen molar-refractivity contribution in [1.82, 2.24) is 19.9 Å². The van der Waals surface area contributed by atoms with E-state index < -0.39 is 0 Å². The maximum atomic E-state index is 6.10. The quantitative estimate of drug-likeness (QED) is 0.744. The van der Waals surface area contributed by atoms with Crippen molar-refractivity contribution in [1.29, 1.82) is 0 Å². The highest BCUT2D eigenvalue weighted by molar-refractivity contribution is 6.36. The van der Waals surface area contributed by atoms with Crippen LogP contribution in [0.5, 0.6) is 0 Å². The minimum Gasteiger partial charge on any atom is -0.383 e. The summed E-state index contributed by atoms with van der Waals surface area (Å²) in [7, 11) is 0. The fourth-order valence-corrected chi connectivity index (χ4v) is 2.45. The molecule has 112 valence electrons. The van der Waals surface area contributed by atoms with Gasteiger partial charge < -0.3 is 10.3 Å². The molecular weight excluding hydrogens is 321 g/mol. The standard InChI is InChI=1S/C15H13Cl2N5/c16-11-1-2-13(12(17)7-11)18-4-3-14-21-8-10(9-22-14)15-19-5-6-20-15/h1-2,5-9,18H,3-4H2,(H,19,20). The molecule has 5 nitrogen and oxygen atoms in total. The van der Waals surface area contributed by atoms with Crippen molar-refractivity contribution in [3.8, 4) is 11.4 Å². The van der Waals surface area contributed by atoms with E-state index in [-0.39, 0.29) is 0 Å². The number of anilines is 1. The van der Waals surface area contributed by atoms with Crippen LogP contribution in [0.2, 0.25) is 10.0 Å². The van der Waals surface area contributed by atoms with E-state index in [9.17, 15) is 0 Å². The van der Waals surface area contributed by atoms with E-state index in [4.69, 9.17) is 23.2 Å². The first-order valence-electron chi connectivity index (χ1n) is 6.72. The van der Waals surface area contributed by atoms with Gasteiger partial charge in [0.15, 0.2) is 0 Å². The van der Waals surface area contributed by atoms with Gasteiger partial charge in [-0.05, 0) is 18.2 Å². The summed E-state index contributed by atoms with van der Waals surface area (Å²) in [4.78, 5) is 15.9. The van der Waals surface area contributed by atoms with Crippen molar-refractivity contribution in [2.75, 3.05) is 11.9 Å². The highest BCUT2D eigenvalue weighted by Crippen LogP contribution is 2.25. The summed E-state index contributed by atoms with van der Waals surface area (Å²) < 4.78 is 0. The minimum atomic E-state index is 0.599. The number of nitrogens with one attached hydrogen (secondary N) is 2. The van der Waals surface area contributed by atoms with Crippen LogP contribution in [0.1, 0.15) is 5.82 Å². The Balaban J connectivity index is 1.57. The van der Waals surface area contributed by atoms with Crippen molar-refractivity contribution < 1.29 is 0 Å². The summed E-state index contributed by atoms with van der Waals surface area (Å²) in [6.45, 7) is 0.682. The summed E-state index contributed by atoms with van der Waals surface area (Å²) in [5.74, 6) is 1.52. The number of rotatable bonds is 5. The lowest BCUT2D eigenvalue weighted by atomic mass is 10.3. The molecule has 0 unspecified atom stereocenters. The molecule has 0 spiro atoms. The Labute approximate surface area is 137 Å². The number of aromatic nitrogens is 4. The summed E-state index contributed by atoms with van der Waals surface area (Å²) >= 11 is 12.0. The Morgan fingerprint density at radius 1 is 1.09 bits per heavy atom. The molecule has 0 aliphatic rings. The third-order valence-corrected chi connectivity index (χ3v) is 3.62. The molecule has 0 radical (unpaired) electrons. The highest BCUT2D eigenvalue weighted by atomic mass is 35.5. The van der Waals surface area contributed by atoms with Gasteiger partial charge >= 0.3 is 0 Å². The smallest absolute Gasteiger partial charge is 0.140 e. The van der Waals surface area contributed by atoms with Crippen molar-refractivity contribution in [3.63, 3.8) is 0 Å². The number of imidazole rings is 1. The monoisotopic (exact) mass is 333 g/mol. The average molecular weight is 334 g/mol. The van der Waals surface area contributed by atoms with Gasteiger partial charge in [0.1, 0.15) is 11.6 Å². The van der Waals surface area contributed by atoms with E-state index in [1.165, 1.54) is 0 Å². The fraction of sp³-hybridized carbons (Fsp3) is 0.133. The van der Waals surface area contributed by atoms with Gasteiger partial charge in [-0.2, -0.15) is 0 Å². The molecular formula is C15H13Cl2N5. The average Bonchev–Trinajstić information content (AvgIpc) is 3.04. The molecule has 0 saturated carbocycles. The van der Waals surface area contributed by atoms with Crippen LogP contribution in [0.15, 0.2) is 43.0 Å². The zero-order valence-electron chi connectivity index (χ0n) is 11.6. The number of aromatic amines is 1. The van der Waals surface area contributed by atoms with Crippen molar-refractivity contribution in [2.45, 2.75) is 6.42 Å². The third kappa shape index (κ3) is 3.55. The molecule has 0 aliphatic heterocycles. The number of benzene rings is 1. The SMILES string of the molecule is Clc1ccc(NCCc2ncc(-c3ncc[nH]3)cn2)c(Cl)c1. The molecule has 7 heteroatoms. The molecule has 3 rings (SSSR count). The Kier molecular flexibility index (Phi) is 4.56. The molecule has 0 fully saturated rings. The van der Waals surface area contributed by atoms with Gasteiger partial charge in [-0.25, -0.2) is 15.0 Å². The van der Waals surface area contributed by atoms with Gasteiger partial charge in [-0.1, -0.05) is 23.2 Å².